The number of aliphatic hydroxyl groups excluding tert-OH is 1. The summed E-state index contributed by atoms with van der Waals surface area (Å²) < 4.78 is 4.62. The second-order valence-corrected chi connectivity index (χ2v) is 15.3. The number of fused-ring (bicyclic) bond motifs is 2. The lowest BCUT2D eigenvalue weighted by molar-refractivity contribution is -0.115. The highest BCUT2D eigenvalue weighted by molar-refractivity contribution is 7.81. The van der Waals surface area contributed by atoms with Crippen molar-refractivity contribution in [1.82, 2.24) is 29.7 Å². The molecule has 8 heterocycles. The summed E-state index contributed by atoms with van der Waals surface area (Å²) in [5.74, 6) is -0.0898. The number of benzene rings is 4. The van der Waals surface area contributed by atoms with Gasteiger partial charge in [0.15, 0.2) is 0 Å². The van der Waals surface area contributed by atoms with Crippen LogP contribution in [0.25, 0.3) is 65.9 Å². The number of aryl methyl sites for hydroxylation is 4. The van der Waals surface area contributed by atoms with E-state index in [1.807, 2.05) is 42.7 Å². The minimum Gasteiger partial charge on any atom is -0.400 e. The Balaban J connectivity index is 0.000000133. The van der Waals surface area contributed by atoms with Crippen LogP contribution in [0.4, 0.5) is 0 Å². The molecule has 0 radical (unpaired) electrons. The topological polar surface area (TPSA) is 120 Å². The summed E-state index contributed by atoms with van der Waals surface area (Å²) in [6.45, 7) is 2.57. The predicted octanol–water partition coefficient (Wildman–Crippen LogP) is 8.15. The maximum absolute atomic E-state index is 13.0. The molecule has 4 aromatic carbocycles. The van der Waals surface area contributed by atoms with Crippen molar-refractivity contribution in [2.24, 2.45) is 0 Å². The fourth-order valence-electron chi connectivity index (χ4n) is 9.48. The van der Waals surface area contributed by atoms with Gasteiger partial charge in [-0.05, 0) is 54.5 Å². The first-order valence-corrected chi connectivity index (χ1v) is 19.9. The Morgan fingerprint density at radius 3 is 1.72 bits per heavy atom. The summed E-state index contributed by atoms with van der Waals surface area (Å²) in [6, 6.07) is 29.3. The van der Waals surface area contributed by atoms with E-state index in [9.17, 15) is 9.59 Å². The zero-order valence-electron chi connectivity index (χ0n) is 31.4. The number of carbonyl (C=O) groups is 2. The van der Waals surface area contributed by atoms with Crippen LogP contribution in [-0.2, 0) is 35.5 Å². The molecule has 12 rings (SSSR count). The van der Waals surface area contributed by atoms with Crippen molar-refractivity contribution in [2.45, 2.75) is 38.8 Å². The fourth-order valence-corrected chi connectivity index (χ4v) is 9.78. The van der Waals surface area contributed by atoms with Gasteiger partial charge in [-0.15, -0.1) is 0 Å². The number of rotatable bonds is 4. The van der Waals surface area contributed by atoms with Gasteiger partial charge in [0.25, 0.3) is 11.8 Å². The van der Waals surface area contributed by atoms with E-state index in [2.05, 4.69) is 96.7 Å². The van der Waals surface area contributed by atoms with Crippen LogP contribution in [0.1, 0.15) is 46.2 Å². The van der Waals surface area contributed by atoms with Crippen molar-refractivity contribution in [3.05, 3.63) is 143 Å². The van der Waals surface area contributed by atoms with Gasteiger partial charge in [0.2, 0.25) is 0 Å². The molecular weight excluding hydrogens is 729 g/mol. The molecule has 10 heteroatoms. The summed E-state index contributed by atoms with van der Waals surface area (Å²) in [5, 5.41) is 17.5. The molecular formula is C47H40N6O3S. The fraction of sp³-hybridized carbons (Fsp3) is 0.170. The first-order valence-electron chi connectivity index (χ1n) is 19.4. The number of carbonyl (C=O) groups excluding carboxylic acids is 2. The summed E-state index contributed by atoms with van der Waals surface area (Å²) in [6.07, 6.45) is 12.8. The van der Waals surface area contributed by atoms with Crippen LogP contribution in [-0.4, -0.2) is 54.7 Å². The highest BCUT2D eigenvalue weighted by atomic mass is 32.1. The molecule has 0 atom stereocenters. The Morgan fingerprint density at radius 2 is 1.11 bits per heavy atom. The third-order valence-corrected chi connectivity index (χ3v) is 12.2. The minimum atomic E-state index is -0.117. The second kappa shape index (κ2) is 13.9. The van der Waals surface area contributed by atoms with Crippen LogP contribution >= 0.6 is 12.2 Å². The van der Waals surface area contributed by atoms with Crippen LogP contribution in [0.15, 0.2) is 110 Å². The normalized spacial score (nSPS) is 16.0. The smallest absolute Gasteiger partial charge is 0.257 e. The number of thiocarbonyl (C=S) groups is 1. The number of amides is 2. The van der Waals surface area contributed by atoms with E-state index in [4.69, 9.17) is 17.3 Å². The zero-order valence-corrected chi connectivity index (χ0v) is 32.2. The molecule has 0 unspecified atom stereocenters. The summed E-state index contributed by atoms with van der Waals surface area (Å²) in [4.78, 5) is 33.0. The number of hydrogen-bond acceptors (Lipinski definition) is 4. The van der Waals surface area contributed by atoms with E-state index in [0.29, 0.717) is 17.1 Å². The predicted molar refractivity (Wildman–Crippen MR) is 233 cm³/mol. The molecule has 0 aliphatic carbocycles. The Labute approximate surface area is 333 Å². The van der Waals surface area contributed by atoms with Gasteiger partial charge in [-0.25, -0.2) is 0 Å². The number of aromatic nitrogens is 4. The molecule has 2 amide bonds. The van der Waals surface area contributed by atoms with Gasteiger partial charge in [0.05, 0.1) is 22.2 Å². The number of H-pyrrole nitrogens is 2. The van der Waals surface area contributed by atoms with Gasteiger partial charge in [0, 0.05) is 112 Å². The lowest BCUT2D eigenvalue weighted by atomic mass is 9.95. The third-order valence-electron chi connectivity index (χ3n) is 11.9. The van der Waals surface area contributed by atoms with E-state index in [-0.39, 0.29) is 11.8 Å². The molecule has 4 aliphatic rings. The van der Waals surface area contributed by atoms with Crippen molar-refractivity contribution in [3.8, 4) is 0 Å². The SMILES string of the molecule is CO.O=C1NC(=S)C(c2c[nH]c3ccccc23)=C1c1cn2c3c(cccc13)CCC2.O=C1NCC(c2c[nH]c3ccccc23)=C1c1cn2c3c(cccc13)CCC2. The zero-order chi connectivity index (χ0) is 38.8. The quantitative estimate of drug-likeness (QED) is 0.116. The Hall–Kier alpha value is -6.49. The Morgan fingerprint density at radius 1 is 0.579 bits per heavy atom. The molecule has 0 bridgehead atoms. The molecule has 0 spiro atoms. The number of aliphatic hydroxyl groups is 1. The molecule has 9 nitrogen and oxygen atoms in total. The molecule has 0 saturated carbocycles. The van der Waals surface area contributed by atoms with Crippen molar-refractivity contribution in [3.63, 3.8) is 0 Å². The van der Waals surface area contributed by atoms with E-state index in [1.54, 1.807) is 0 Å². The maximum atomic E-state index is 13.0. The summed E-state index contributed by atoms with van der Waals surface area (Å²) >= 11 is 5.59. The highest BCUT2D eigenvalue weighted by Gasteiger charge is 2.34. The summed E-state index contributed by atoms with van der Waals surface area (Å²) in [7, 11) is 1.00. The van der Waals surface area contributed by atoms with Gasteiger partial charge < -0.3 is 34.8 Å². The lowest BCUT2D eigenvalue weighted by Gasteiger charge is -2.14. The Kier molecular flexibility index (Phi) is 8.53. The average Bonchev–Trinajstić information content (AvgIpc) is 4.11. The molecule has 0 saturated heterocycles. The lowest BCUT2D eigenvalue weighted by Crippen LogP contribution is -2.21. The number of para-hydroxylation sites is 4. The van der Waals surface area contributed by atoms with Crippen LogP contribution in [0, 0.1) is 0 Å². The van der Waals surface area contributed by atoms with E-state index < -0.39 is 0 Å². The van der Waals surface area contributed by atoms with Crippen molar-refractivity contribution in [2.75, 3.05) is 13.7 Å². The minimum absolute atomic E-state index is 0.0268. The van der Waals surface area contributed by atoms with Gasteiger partial charge in [-0.3, -0.25) is 9.59 Å². The monoisotopic (exact) mass is 768 g/mol. The molecule has 5 N–H and O–H groups in total. The van der Waals surface area contributed by atoms with Gasteiger partial charge in [-0.1, -0.05) is 85.0 Å². The summed E-state index contributed by atoms with van der Waals surface area (Å²) in [5.41, 5.74) is 14.9. The van der Waals surface area contributed by atoms with Gasteiger partial charge >= 0.3 is 0 Å². The molecule has 8 aromatic rings. The molecule has 4 aromatic heterocycles. The van der Waals surface area contributed by atoms with Crippen LogP contribution in [0.5, 0.6) is 0 Å². The van der Waals surface area contributed by atoms with E-state index in [1.165, 1.54) is 27.5 Å². The molecule has 0 fully saturated rings. The van der Waals surface area contributed by atoms with Crippen molar-refractivity contribution in [1.29, 1.82) is 0 Å². The van der Waals surface area contributed by atoms with Gasteiger partial charge in [-0.2, -0.15) is 0 Å². The largest absolute Gasteiger partial charge is 0.400 e. The van der Waals surface area contributed by atoms with E-state index >= 15 is 0 Å². The van der Waals surface area contributed by atoms with Gasteiger partial charge in [0.1, 0.15) is 4.99 Å². The van der Waals surface area contributed by atoms with Crippen molar-refractivity contribution >= 4 is 94.9 Å². The number of aromatic amines is 2. The van der Waals surface area contributed by atoms with Crippen LogP contribution < -0.4 is 10.6 Å². The number of nitrogens with one attached hydrogen (secondary N) is 4. The second-order valence-electron chi connectivity index (χ2n) is 14.9. The van der Waals surface area contributed by atoms with E-state index in [0.717, 1.165) is 112 Å². The maximum Gasteiger partial charge on any atom is 0.257 e. The van der Waals surface area contributed by atoms with Crippen molar-refractivity contribution < 1.29 is 14.7 Å². The standard InChI is InChI=1S/C23H17N3OS.C23H19N3O.CH4O/c27-22-19(17-12-26-10-4-6-13-5-3-8-15(17)21(13)26)20(23(28)25-22)16-11-24-18-9-2-1-7-14(16)18;27-23-21(18(12-25-23)17-11-24-20-9-2-1-7-15(17)20)19-13-26-10-4-6-14-5-3-8-16(19)22(14)26;1-2/h1-3,5,7-9,11-12,24H,4,6,10H2,(H,25,27,28);1-3,5,7-9,11,13,24H,4,6,10,12H2,(H,25,27);2H,1H3. The molecule has 57 heavy (non-hydrogen) atoms. The highest BCUT2D eigenvalue weighted by Crippen LogP contribution is 2.42. The average molecular weight is 769 g/mol. The number of hydrogen-bond donors (Lipinski definition) is 5. The van der Waals surface area contributed by atoms with Crippen LogP contribution in [0.3, 0.4) is 0 Å². The first-order chi connectivity index (χ1) is 28.0. The third kappa shape index (κ3) is 5.50. The number of nitrogens with zero attached hydrogens (tertiary/aromatic N) is 2. The van der Waals surface area contributed by atoms with Crippen LogP contribution in [0.2, 0.25) is 0 Å². The molecule has 282 valence electrons. The molecule has 4 aliphatic heterocycles. The first kappa shape index (κ1) is 35.0. The Bertz CT molecular complexity index is 3040.